The molecule has 1 aromatic rings. The molecule has 0 fully saturated rings. The van der Waals surface area contributed by atoms with Gasteiger partial charge in [-0.2, -0.15) is 0 Å². The fourth-order valence-corrected chi connectivity index (χ4v) is 2.15. The summed E-state index contributed by atoms with van der Waals surface area (Å²) in [6.07, 6.45) is 1.20. The third-order valence-electron chi connectivity index (χ3n) is 2.91. The van der Waals surface area contributed by atoms with Gasteiger partial charge >= 0.3 is 0 Å². The van der Waals surface area contributed by atoms with E-state index in [0.29, 0.717) is 0 Å². The Hall–Kier alpha value is -0.680. The predicted octanol–water partition coefficient (Wildman–Crippen LogP) is 2.38. The summed E-state index contributed by atoms with van der Waals surface area (Å²) in [5, 5.41) is 0. The normalized spacial score (nSPS) is 12.5. The van der Waals surface area contributed by atoms with Gasteiger partial charge in [-0.3, -0.25) is 4.79 Å². The predicted molar refractivity (Wildman–Crippen MR) is 71.8 cm³/mol. The first-order valence-electron chi connectivity index (χ1n) is 5.12. The monoisotopic (exact) mass is 318 g/mol. The molecule has 0 aliphatic carbocycles. The number of hydrogen-bond acceptors (Lipinski definition) is 3. The van der Waals surface area contributed by atoms with Crippen molar-refractivity contribution in [1.29, 1.82) is 0 Å². The maximum absolute atomic E-state index is 12.0. The zero-order valence-electron chi connectivity index (χ0n) is 10.0. The second-order valence-electron chi connectivity index (χ2n) is 4.47. The summed E-state index contributed by atoms with van der Waals surface area (Å²) in [6, 6.07) is 7.30. The van der Waals surface area contributed by atoms with Crippen molar-refractivity contribution in [2.24, 2.45) is 0 Å². The summed E-state index contributed by atoms with van der Waals surface area (Å²) in [5.41, 5.74) is 0.800. The highest BCUT2D eigenvalue weighted by Gasteiger charge is 2.37. The van der Waals surface area contributed by atoms with Crippen LogP contribution in [-0.2, 0) is 21.1 Å². The van der Waals surface area contributed by atoms with Gasteiger partial charge in [0.1, 0.15) is 4.75 Å². The number of Topliss-reactive ketones (excluding diaryl/α,β-unsaturated/α-hetero) is 1. The van der Waals surface area contributed by atoms with Crippen LogP contribution in [0.4, 0.5) is 0 Å². The molecule has 0 radical (unpaired) electrons. The second-order valence-corrected chi connectivity index (χ2v) is 7.89. The molecule has 0 amide bonds. The van der Waals surface area contributed by atoms with Gasteiger partial charge in [-0.25, -0.2) is 8.42 Å². The van der Waals surface area contributed by atoms with Crippen LogP contribution in [0.15, 0.2) is 28.7 Å². The lowest BCUT2D eigenvalue weighted by atomic mass is 10.0. The fourth-order valence-electron chi connectivity index (χ4n) is 1.23. The molecule has 0 aromatic heterocycles. The van der Waals surface area contributed by atoms with Gasteiger partial charge in [0.15, 0.2) is 15.6 Å². The van der Waals surface area contributed by atoms with Crippen LogP contribution in [0.5, 0.6) is 0 Å². The van der Waals surface area contributed by atoms with E-state index in [4.69, 9.17) is 0 Å². The third-order valence-corrected chi connectivity index (χ3v) is 5.76. The standard InChI is InChI=1S/C12H15BrO3S/c1-12(2,17(3,15)16)11(14)8-9-6-4-5-7-10(9)13/h4-7H,8H2,1-3H3. The SMILES string of the molecule is CC(C)(C(=O)Cc1ccccc1Br)S(C)(=O)=O. The minimum Gasteiger partial charge on any atom is -0.298 e. The van der Waals surface area contributed by atoms with Crippen molar-refractivity contribution >= 4 is 31.6 Å². The highest BCUT2D eigenvalue weighted by molar-refractivity contribution is 9.10. The molecule has 0 atom stereocenters. The van der Waals surface area contributed by atoms with Crippen LogP contribution in [0, 0.1) is 0 Å². The molecule has 3 nitrogen and oxygen atoms in total. The maximum atomic E-state index is 12.0. The Bertz CT molecular complexity index is 532. The number of halogens is 1. The van der Waals surface area contributed by atoms with E-state index in [0.717, 1.165) is 16.3 Å². The number of hydrogen-bond donors (Lipinski definition) is 0. The molecule has 0 spiro atoms. The second kappa shape index (κ2) is 4.90. The third kappa shape index (κ3) is 3.16. The summed E-state index contributed by atoms with van der Waals surface area (Å²) < 4.78 is 22.5. The van der Waals surface area contributed by atoms with Crippen molar-refractivity contribution in [3.8, 4) is 0 Å². The zero-order valence-corrected chi connectivity index (χ0v) is 12.4. The molecule has 17 heavy (non-hydrogen) atoms. The van der Waals surface area contributed by atoms with Crippen molar-refractivity contribution in [2.75, 3.05) is 6.26 Å². The molecular weight excluding hydrogens is 304 g/mol. The average Bonchev–Trinajstić information content (AvgIpc) is 2.19. The van der Waals surface area contributed by atoms with E-state index in [1.54, 1.807) is 6.07 Å². The van der Waals surface area contributed by atoms with Crippen molar-refractivity contribution in [2.45, 2.75) is 25.0 Å². The smallest absolute Gasteiger partial charge is 0.159 e. The van der Waals surface area contributed by atoms with Gasteiger partial charge in [-0.15, -0.1) is 0 Å². The molecule has 0 bridgehead atoms. The topological polar surface area (TPSA) is 51.2 Å². The number of carbonyl (C=O) groups is 1. The maximum Gasteiger partial charge on any atom is 0.159 e. The highest BCUT2D eigenvalue weighted by atomic mass is 79.9. The van der Waals surface area contributed by atoms with Gasteiger partial charge in [-0.05, 0) is 25.5 Å². The molecule has 1 rings (SSSR count). The van der Waals surface area contributed by atoms with Crippen molar-refractivity contribution in [3.05, 3.63) is 34.3 Å². The van der Waals surface area contributed by atoms with E-state index in [1.165, 1.54) is 13.8 Å². The van der Waals surface area contributed by atoms with Gasteiger partial charge < -0.3 is 0 Å². The molecule has 0 aliphatic heterocycles. The Labute approximate surface area is 110 Å². The molecule has 0 aliphatic rings. The van der Waals surface area contributed by atoms with Gasteiger partial charge in [-0.1, -0.05) is 34.1 Å². The molecule has 1 aromatic carbocycles. The summed E-state index contributed by atoms with van der Waals surface area (Å²) in [6.45, 7) is 2.89. The molecular formula is C12H15BrO3S. The highest BCUT2D eigenvalue weighted by Crippen LogP contribution is 2.22. The minimum absolute atomic E-state index is 0.113. The van der Waals surface area contributed by atoms with Crippen LogP contribution in [0.1, 0.15) is 19.4 Å². The Morgan fingerprint density at radius 2 is 1.82 bits per heavy atom. The van der Waals surface area contributed by atoms with Gasteiger partial charge in [0.2, 0.25) is 0 Å². The number of sulfone groups is 1. The number of benzene rings is 1. The lowest BCUT2D eigenvalue weighted by molar-refractivity contribution is -0.120. The van der Waals surface area contributed by atoms with Crippen LogP contribution in [0.3, 0.4) is 0 Å². The molecule has 0 saturated heterocycles. The summed E-state index contributed by atoms with van der Waals surface area (Å²) >= 11 is 3.34. The van der Waals surface area contributed by atoms with Gasteiger partial charge in [0.05, 0.1) is 0 Å². The van der Waals surface area contributed by atoms with Gasteiger partial charge in [0.25, 0.3) is 0 Å². The molecule has 0 unspecified atom stereocenters. The van der Waals surface area contributed by atoms with E-state index in [2.05, 4.69) is 15.9 Å². The van der Waals surface area contributed by atoms with E-state index in [-0.39, 0.29) is 12.2 Å². The van der Waals surface area contributed by atoms with E-state index in [9.17, 15) is 13.2 Å². The van der Waals surface area contributed by atoms with Crippen LogP contribution in [0.2, 0.25) is 0 Å². The molecule has 0 N–H and O–H groups in total. The van der Waals surface area contributed by atoms with E-state index < -0.39 is 14.6 Å². The molecule has 94 valence electrons. The Kier molecular flexibility index (Phi) is 4.15. The van der Waals surface area contributed by atoms with E-state index in [1.807, 2.05) is 18.2 Å². The lowest BCUT2D eigenvalue weighted by Gasteiger charge is -2.21. The van der Waals surface area contributed by atoms with Crippen molar-refractivity contribution in [3.63, 3.8) is 0 Å². The Balaban J connectivity index is 2.99. The molecule has 0 saturated carbocycles. The summed E-state index contributed by atoms with van der Waals surface area (Å²) in [4.78, 5) is 12.0. The number of ketones is 1. The fraction of sp³-hybridized carbons (Fsp3) is 0.417. The van der Waals surface area contributed by atoms with Crippen molar-refractivity contribution in [1.82, 2.24) is 0 Å². The summed E-state index contributed by atoms with van der Waals surface area (Å²) in [5.74, 6) is -0.299. The van der Waals surface area contributed by atoms with Crippen LogP contribution in [-0.4, -0.2) is 25.2 Å². The minimum atomic E-state index is -3.40. The molecule has 0 heterocycles. The molecule has 5 heteroatoms. The first-order chi connectivity index (χ1) is 7.66. The van der Waals surface area contributed by atoms with Crippen LogP contribution >= 0.6 is 15.9 Å². The largest absolute Gasteiger partial charge is 0.298 e. The Morgan fingerprint density at radius 3 is 2.29 bits per heavy atom. The van der Waals surface area contributed by atoms with Crippen molar-refractivity contribution < 1.29 is 13.2 Å². The Morgan fingerprint density at radius 1 is 1.29 bits per heavy atom. The first-order valence-corrected chi connectivity index (χ1v) is 7.81. The quantitative estimate of drug-likeness (QED) is 0.856. The van der Waals surface area contributed by atoms with Crippen LogP contribution < -0.4 is 0 Å². The number of rotatable bonds is 4. The number of carbonyl (C=O) groups excluding carboxylic acids is 1. The summed E-state index contributed by atoms with van der Waals surface area (Å²) in [7, 11) is -3.40. The first kappa shape index (κ1) is 14.4. The van der Waals surface area contributed by atoms with Crippen LogP contribution in [0.25, 0.3) is 0 Å². The lowest BCUT2D eigenvalue weighted by Crippen LogP contribution is -2.40. The van der Waals surface area contributed by atoms with E-state index >= 15 is 0 Å². The average molecular weight is 319 g/mol. The van der Waals surface area contributed by atoms with Gasteiger partial charge in [0, 0.05) is 17.1 Å². The zero-order chi connectivity index (χ0) is 13.3.